The molecule has 0 aliphatic heterocycles. The number of anilines is 1. The van der Waals surface area contributed by atoms with E-state index in [4.69, 9.17) is 4.74 Å². The number of benzene rings is 3. The lowest BCUT2D eigenvalue weighted by Crippen LogP contribution is -2.30. The molecule has 0 saturated heterocycles. The Kier molecular flexibility index (Phi) is 6.86. The van der Waals surface area contributed by atoms with Crippen molar-refractivity contribution in [2.45, 2.75) is 37.5 Å². The highest BCUT2D eigenvalue weighted by atomic mass is 32.2. The van der Waals surface area contributed by atoms with Gasteiger partial charge in [0.1, 0.15) is 12.4 Å². The van der Waals surface area contributed by atoms with Gasteiger partial charge in [0.15, 0.2) is 0 Å². The van der Waals surface area contributed by atoms with E-state index in [2.05, 4.69) is 0 Å². The summed E-state index contributed by atoms with van der Waals surface area (Å²) < 4.78 is 68.3. The molecule has 0 aromatic heterocycles. The molecule has 3 aromatic rings. The van der Waals surface area contributed by atoms with Crippen LogP contribution in [0.4, 0.5) is 18.9 Å². The first kappa shape index (κ1) is 24.1. The molecule has 2 N–H and O–H groups in total. The number of nitrogens with one attached hydrogen (secondary N) is 1. The van der Waals surface area contributed by atoms with E-state index in [1.807, 2.05) is 48.5 Å². The number of fused-ring (bicyclic) bond motifs is 1. The Balaban J connectivity index is 1.46. The average molecular weight is 492 g/mol. The van der Waals surface area contributed by atoms with Crippen molar-refractivity contribution in [3.8, 4) is 5.75 Å². The predicted octanol–water partition coefficient (Wildman–Crippen LogP) is 5.37. The number of aliphatic hydroxyl groups is 1. The lowest BCUT2D eigenvalue weighted by atomic mass is 9.78. The molecule has 0 saturated carbocycles. The van der Waals surface area contributed by atoms with Gasteiger partial charge in [0.05, 0.1) is 6.10 Å². The van der Waals surface area contributed by atoms with Gasteiger partial charge in [0.2, 0.25) is 0 Å². The Morgan fingerprint density at radius 1 is 0.971 bits per heavy atom. The van der Waals surface area contributed by atoms with Crippen LogP contribution in [0.5, 0.6) is 5.75 Å². The van der Waals surface area contributed by atoms with Gasteiger partial charge in [-0.05, 0) is 71.7 Å². The monoisotopic (exact) mass is 491 g/mol. The maximum Gasteiger partial charge on any atom is 0.516 e. The van der Waals surface area contributed by atoms with Crippen LogP contribution in [0.3, 0.4) is 0 Å². The molecule has 0 fully saturated rings. The third kappa shape index (κ3) is 5.53. The number of aliphatic hydroxyl groups excluding tert-OH is 1. The number of alkyl halides is 3. The molecule has 0 radical (unpaired) electrons. The maximum atomic E-state index is 12.7. The zero-order chi connectivity index (χ0) is 24.3. The molecule has 4 rings (SSSR count). The molecule has 0 heterocycles. The SMILES string of the molecule is O=S(=O)(Nc1cccc(C[C@H]2CCc3ccc(OCc4ccccc4)cc3[C@H]2O)c1)C(F)(F)F. The predicted molar refractivity (Wildman–Crippen MR) is 123 cm³/mol. The summed E-state index contributed by atoms with van der Waals surface area (Å²) in [5.74, 6) is 0.470. The molecule has 9 heteroatoms. The minimum Gasteiger partial charge on any atom is -0.489 e. The number of hydrogen-bond acceptors (Lipinski definition) is 4. The summed E-state index contributed by atoms with van der Waals surface area (Å²) in [5, 5.41) is 11.0. The molecule has 1 aliphatic carbocycles. The lowest BCUT2D eigenvalue weighted by molar-refractivity contribution is -0.0429. The zero-order valence-electron chi connectivity index (χ0n) is 18.1. The highest BCUT2D eigenvalue weighted by Crippen LogP contribution is 2.38. The van der Waals surface area contributed by atoms with Gasteiger partial charge in [0, 0.05) is 5.69 Å². The average Bonchev–Trinajstić information content (AvgIpc) is 2.80. The number of sulfonamides is 1. The van der Waals surface area contributed by atoms with Crippen LogP contribution in [0.15, 0.2) is 72.8 Å². The van der Waals surface area contributed by atoms with Crippen molar-refractivity contribution >= 4 is 15.7 Å². The van der Waals surface area contributed by atoms with Gasteiger partial charge < -0.3 is 9.84 Å². The molecule has 5 nitrogen and oxygen atoms in total. The fraction of sp³-hybridized carbons (Fsp3) is 0.280. The molecule has 1 aliphatic rings. The van der Waals surface area contributed by atoms with Crippen molar-refractivity contribution in [2.24, 2.45) is 5.92 Å². The van der Waals surface area contributed by atoms with Crippen LogP contribution in [0.2, 0.25) is 0 Å². The molecule has 0 amide bonds. The summed E-state index contributed by atoms with van der Waals surface area (Å²) in [6, 6.07) is 21.2. The standard InChI is InChI=1S/C25H24F3NO4S/c26-25(27,28)34(31,32)29-21-8-4-7-18(14-21)13-20-10-9-19-11-12-22(15-23(19)24(20)30)33-16-17-5-2-1-3-6-17/h1-8,11-12,14-15,20,24,29-30H,9-10,13,16H2/t20-,24+/m1/s1. The van der Waals surface area contributed by atoms with E-state index in [1.54, 1.807) is 10.8 Å². The van der Waals surface area contributed by atoms with E-state index in [1.165, 1.54) is 18.2 Å². The Bertz CT molecular complexity index is 1250. The molecule has 0 bridgehead atoms. The number of rotatable bonds is 7. The minimum absolute atomic E-state index is 0.169. The normalized spacial score (nSPS) is 18.2. The Morgan fingerprint density at radius 3 is 2.44 bits per heavy atom. The van der Waals surface area contributed by atoms with Gasteiger partial charge >= 0.3 is 15.5 Å². The highest BCUT2D eigenvalue weighted by molar-refractivity contribution is 7.93. The van der Waals surface area contributed by atoms with Crippen LogP contribution in [0, 0.1) is 5.92 Å². The van der Waals surface area contributed by atoms with Crippen molar-refractivity contribution in [1.82, 2.24) is 0 Å². The number of ether oxygens (including phenoxy) is 1. The zero-order valence-corrected chi connectivity index (χ0v) is 18.9. The molecule has 180 valence electrons. The summed E-state index contributed by atoms with van der Waals surface area (Å²) in [6.45, 7) is 0.403. The summed E-state index contributed by atoms with van der Waals surface area (Å²) >= 11 is 0. The van der Waals surface area contributed by atoms with Gasteiger partial charge in [-0.25, -0.2) is 0 Å². The summed E-state index contributed by atoms with van der Waals surface area (Å²) in [5.41, 5.74) is -2.10. The van der Waals surface area contributed by atoms with E-state index >= 15 is 0 Å². The van der Waals surface area contributed by atoms with Crippen LogP contribution in [-0.2, 0) is 29.5 Å². The Morgan fingerprint density at radius 2 is 1.71 bits per heavy atom. The molecule has 0 spiro atoms. The molecule has 3 aromatic carbocycles. The second kappa shape index (κ2) is 9.68. The van der Waals surface area contributed by atoms with Gasteiger partial charge in [-0.3, -0.25) is 4.72 Å². The largest absolute Gasteiger partial charge is 0.516 e. The van der Waals surface area contributed by atoms with Crippen molar-refractivity contribution in [3.63, 3.8) is 0 Å². The van der Waals surface area contributed by atoms with Gasteiger partial charge in [-0.2, -0.15) is 21.6 Å². The van der Waals surface area contributed by atoms with E-state index in [0.717, 1.165) is 23.1 Å². The quantitative estimate of drug-likeness (QED) is 0.466. The molecule has 0 unspecified atom stereocenters. The third-order valence-electron chi connectivity index (χ3n) is 5.90. The second-order valence-corrected chi connectivity index (χ2v) is 10.0. The Labute approximate surface area is 196 Å². The fourth-order valence-corrected chi connectivity index (χ4v) is 4.70. The van der Waals surface area contributed by atoms with E-state index < -0.39 is 21.6 Å². The smallest absolute Gasteiger partial charge is 0.489 e. The maximum absolute atomic E-state index is 12.7. The van der Waals surface area contributed by atoms with E-state index in [-0.39, 0.29) is 11.6 Å². The van der Waals surface area contributed by atoms with Crippen LogP contribution in [-0.4, -0.2) is 19.0 Å². The number of halogens is 3. The van der Waals surface area contributed by atoms with Crippen molar-refractivity contribution in [2.75, 3.05) is 4.72 Å². The first-order valence-corrected chi connectivity index (χ1v) is 12.3. The lowest BCUT2D eigenvalue weighted by Gasteiger charge is -2.30. The van der Waals surface area contributed by atoms with Crippen molar-refractivity contribution in [1.29, 1.82) is 0 Å². The molecule has 2 atom stereocenters. The molecular formula is C25H24F3NO4S. The summed E-state index contributed by atoms with van der Waals surface area (Å²) in [4.78, 5) is 0. The molecular weight excluding hydrogens is 467 g/mol. The van der Waals surface area contributed by atoms with Crippen LogP contribution in [0.1, 0.15) is 34.8 Å². The second-order valence-electron chi connectivity index (χ2n) is 8.33. The minimum atomic E-state index is -5.50. The number of hydrogen-bond donors (Lipinski definition) is 2. The van der Waals surface area contributed by atoms with Crippen molar-refractivity contribution in [3.05, 3.63) is 95.1 Å². The van der Waals surface area contributed by atoms with Crippen molar-refractivity contribution < 1.29 is 31.4 Å². The Hall–Kier alpha value is -3.04. The van der Waals surface area contributed by atoms with E-state index in [0.29, 0.717) is 30.8 Å². The summed E-state index contributed by atoms with van der Waals surface area (Å²) in [7, 11) is -5.50. The molecule has 34 heavy (non-hydrogen) atoms. The first-order valence-electron chi connectivity index (χ1n) is 10.8. The van der Waals surface area contributed by atoms with E-state index in [9.17, 15) is 26.7 Å². The van der Waals surface area contributed by atoms with Crippen LogP contribution >= 0.6 is 0 Å². The third-order valence-corrected chi connectivity index (χ3v) is 7.01. The van der Waals surface area contributed by atoms with Gasteiger partial charge in [-0.15, -0.1) is 0 Å². The fourth-order valence-electron chi connectivity index (χ4n) is 4.15. The van der Waals surface area contributed by atoms with Gasteiger partial charge in [0.25, 0.3) is 0 Å². The van der Waals surface area contributed by atoms with Crippen LogP contribution in [0.25, 0.3) is 0 Å². The van der Waals surface area contributed by atoms with Crippen LogP contribution < -0.4 is 9.46 Å². The first-order chi connectivity index (χ1) is 16.1. The highest BCUT2D eigenvalue weighted by Gasteiger charge is 2.46. The van der Waals surface area contributed by atoms with Gasteiger partial charge in [-0.1, -0.05) is 48.5 Å². The topological polar surface area (TPSA) is 75.6 Å². The number of aryl methyl sites for hydroxylation is 1. The summed E-state index contributed by atoms with van der Waals surface area (Å²) in [6.07, 6.45) is 1.05.